The van der Waals surface area contributed by atoms with Crippen LogP contribution in [0.4, 0.5) is 16.7 Å². The maximum atomic E-state index is 13.8. The number of nitrogens with one attached hydrogen (secondary N) is 2. The van der Waals surface area contributed by atoms with Gasteiger partial charge in [0.2, 0.25) is 23.7 Å². The first kappa shape index (κ1) is 45.9. The van der Waals surface area contributed by atoms with E-state index >= 15 is 0 Å². The number of methoxy groups -OCH3 is 1. The molecule has 66 heavy (non-hydrogen) atoms. The molecule has 1 fully saturated rings. The number of hydrogen-bond donors (Lipinski definition) is 5. The first-order valence-electron chi connectivity index (χ1n) is 21.3. The number of hydrogen-bond acceptors (Lipinski definition) is 11. The molecule has 0 atom stereocenters. The number of anilines is 2. The number of benzene rings is 2. The highest BCUT2D eigenvalue weighted by molar-refractivity contribution is 6.05. The molecule has 6 aromatic rings. The van der Waals surface area contributed by atoms with Crippen LogP contribution in [-0.4, -0.2) is 105 Å². The lowest BCUT2D eigenvalue weighted by Gasteiger charge is -2.28. The molecule has 5 amide bonds. The molecule has 1 aliphatic heterocycles. The molecule has 344 valence electrons. The van der Waals surface area contributed by atoms with Crippen molar-refractivity contribution in [3.05, 3.63) is 82.5 Å². The molecular weight excluding hydrogens is 851 g/mol. The number of nitrogens with two attached hydrogens (primary N) is 2. The summed E-state index contributed by atoms with van der Waals surface area (Å²) < 4.78 is 18.5. The number of likely N-dealkylation sites (tertiary alicyclic amines) is 1. The van der Waals surface area contributed by atoms with Crippen LogP contribution in [0, 0.1) is 31.6 Å². The fourth-order valence-corrected chi connectivity index (χ4v) is 7.90. The molecule has 21 nitrogen and oxygen atoms in total. The number of rotatable bonds is 16. The topological polar surface area (TPSA) is 275 Å². The zero-order valence-electron chi connectivity index (χ0n) is 37.3. The predicted molar refractivity (Wildman–Crippen MR) is 244 cm³/mol. The van der Waals surface area contributed by atoms with Crippen LogP contribution in [0.25, 0.3) is 22.1 Å². The van der Waals surface area contributed by atoms with Gasteiger partial charge in [0, 0.05) is 56.8 Å². The number of allylic oxidation sites excluding steroid dienone is 2. The quantitative estimate of drug-likeness (QED) is 0.0661. The third kappa shape index (κ3) is 9.81. The van der Waals surface area contributed by atoms with E-state index < -0.39 is 29.7 Å². The Labute approximate surface area is 378 Å². The average molecular weight is 902 g/mol. The third-order valence-corrected chi connectivity index (χ3v) is 11.2. The summed E-state index contributed by atoms with van der Waals surface area (Å²) in [7, 11) is 1.45. The van der Waals surface area contributed by atoms with Gasteiger partial charge in [0.15, 0.2) is 0 Å². The number of carbonyl (C=O) groups excluding carboxylic acids is 4. The Bertz CT molecular complexity index is 2960. The van der Waals surface area contributed by atoms with Crippen LogP contribution in [0.3, 0.4) is 0 Å². The van der Waals surface area contributed by atoms with Gasteiger partial charge in [-0.25, -0.2) is 14.8 Å². The highest BCUT2D eigenvalue weighted by atomic mass is 16.5. The number of piperidine rings is 1. The molecule has 1 aliphatic rings. The lowest BCUT2D eigenvalue weighted by molar-refractivity contribution is 0.0991. The maximum Gasteiger partial charge on any atom is 0.407 e. The van der Waals surface area contributed by atoms with E-state index in [0.717, 1.165) is 0 Å². The van der Waals surface area contributed by atoms with Gasteiger partial charge < -0.3 is 40.1 Å². The Balaban J connectivity index is 1.23. The number of carboxylic acid groups (broad SMARTS) is 1. The highest BCUT2D eigenvalue weighted by Crippen LogP contribution is 2.33. The van der Waals surface area contributed by atoms with Crippen LogP contribution in [0.15, 0.2) is 48.6 Å². The van der Waals surface area contributed by atoms with Gasteiger partial charge in [-0.1, -0.05) is 24.0 Å². The molecule has 5 heterocycles. The van der Waals surface area contributed by atoms with E-state index in [1.165, 1.54) is 36.3 Å². The standard InChI is InChI=1S/C45H51N13O8/c1-6-57-33(20-26(3)52-57)41(61)50-43-48-31-22-29(39(46)59)24-35(65-5)37(31)55(43)15-9-10-16-56-38-32(49-44(56)51-42(62)34-21-27(4)53-58(34)7-2)23-30(40(47)60)25-36(38)66-19-11-8-12-28-13-17-54(18-14-28)45(63)64/h9-10,20-25,28H,6-7,12-19H2,1-5H3,(H2,46,59)(H2,47,60)(H,63,64)(H,48,50,61)(H,49,51,62). The van der Waals surface area contributed by atoms with Gasteiger partial charge >= 0.3 is 6.09 Å². The van der Waals surface area contributed by atoms with Crippen molar-refractivity contribution in [3.63, 3.8) is 0 Å². The molecule has 21 heteroatoms. The fourth-order valence-electron chi connectivity index (χ4n) is 7.90. The zero-order chi connectivity index (χ0) is 47.2. The molecule has 7 rings (SSSR count). The first-order valence-corrected chi connectivity index (χ1v) is 21.3. The number of amides is 5. The lowest BCUT2D eigenvalue weighted by atomic mass is 9.94. The Morgan fingerprint density at radius 1 is 0.758 bits per heavy atom. The van der Waals surface area contributed by atoms with Crippen molar-refractivity contribution < 1.29 is 38.6 Å². The summed E-state index contributed by atoms with van der Waals surface area (Å²) in [4.78, 5) is 74.5. The predicted octanol–water partition coefficient (Wildman–Crippen LogP) is 4.57. The normalized spacial score (nSPS) is 13.0. The summed E-state index contributed by atoms with van der Waals surface area (Å²) >= 11 is 0. The highest BCUT2D eigenvalue weighted by Gasteiger charge is 2.25. The van der Waals surface area contributed by atoms with Crippen molar-refractivity contribution in [2.24, 2.45) is 17.4 Å². The van der Waals surface area contributed by atoms with Gasteiger partial charge in [-0.05, 0) is 82.9 Å². The van der Waals surface area contributed by atoms with Crippen molar-refractivity contribution in [1.29, 1.82) is 0 Å². The van der Waals surface area contributed by atoms with Gasteiger partial charge in [-0.2, -0.15) is 10.2 Å². The van der Waals surface area contributed by atoms with Crippen LogP contribution in [0.5, 0.6) is 11.5 Å². The van der Waals surface area contributed by atoms with E-state index in [1.807, 2.05) is 26.0 Å². The second-order valence-corrected chi connectivity index (χ2v) is 15.6. The van der Waals surface area contributed by atoms with Gasteiger partial charge in [-0.15, -0.1) is 0 Å². The van der Waals surface area contributed by atoms with Crippen LogP contribution in [0.2, 0.25) is 0 Å². The van der Waals surface area contributed by atoms with E-state index in [-0.39, 0.29) is 54.4 Å². The van der Waals surface area contributed by atoms with Crippen LogP contribution >= 0.6 is 0 Å². The summed E-state index contributed by atoms with van der Waals surface area (Å²) in [6.07, 6.45) is 4.70. The molecule has 1 saturated heterocycles. The van der Waals surface area contributed by atoms with Crippen molar-refractivity contribution in [2.45, 2.75) is 73.1 Å². The van der Waals surface area contributed by atoms with Gasteiger partial charge in [0.05, 0.1) is 29.5 Å². The Kier molecular flexibility index (Phi) is 13.7. The molecule has 0 unspecified atom stereocenters. The van der Waals surface area contributed by atoms with E-state index in [0.29, 0.717) is 96.0 Å². The molecular formula is C45H51N13O8. The van der Waals surface area contributed by atoms with E-state index in [4.69, 9.17) is 25.9 Å². The number of ether oxygens (including phenoxy) is 2. The number of aromatic nitrogens is 8. The summed E-state index contributed by atoms with van der Waals surface area (Å²) in [5.74, 6) is 4.94. The fraction of sp³-hybridized carbons (Fsp3) is 0.356. The van der Waals surface area contributed by atoms with Gasteiger partial charge in [0.1, 0.15) is 40.5 Å². The summed E-state index contributed by atoms with van der Waals surface area (Å²) in [5.41, 5.74) is 15.2. The summed E-state index contributed by atoms with van der Waals surface area (Å²) in [6.45, 7) is 9.34. The van der Waals surface area contributed by atoms with E-state index in [2.05, 4.69) is 37.7 Å². The van der Waals surface area contributed by atoms with Gasteiger partial charge in [0.25, 0.3) is 11.8 Å². The summed E-state index contributed by atoms with van der Waals surface area (Å²) in [5, 5.41) is 23.9. The first-order chi connectivity index (χ1) is 31.7. The number of nitrogens with zero attached hydrogens (tertiary/aromatic N) is 9. The number of aryl methyl sites for hydroxylation is 4. The largest absolute Gasteiger partial charge is 0.494 e. The molecule has 0 aliphatic carbocycles. The molecule has 0 spiro atoms. The minimum Gasteiger partial charge on any atom is -0.494 e. The lowest BCUT2D eigenvalue weighted by Crippen LogP contribution is -2.37. The monoisotopic (exact) mass is 901 g/mol. The van der Waals surface area contributed by atoms with E-state index in [9.17, 15) is 29.1 Å². The second-order valence-electron chi connectivity index (χ2n) is 15.6. The number of imidazole rings is 2. The van der Waals surface area contributed by atoms with Crippen LogP contribution < -0.4 is 31.6 Å². The van der Waals surface area contributed by atoms with Crippen molar-refractivity contribution in [3.8, 4) is 23.3 Å². The summed E-state index contributed by atoms with van der Waals surface area (Å²) in [6, 6.07) is 9.38. The van der Waals surface area contributed by atoms with Crippen molar-refractivity contribution in [1.82, 2.24) is 43.6 Å². The molecule has 2 aromatic carbocycles. The third-order valence-electron chi connectivity index (χ3n) is 11.2. The Morgan fingerprint density at radius 2 is 1.24 bits per heavy atom. The number of primary amides is 2. The number of carbonyl (C=O) groups is 5. The van der Waals surface area contributed by atoms with Crippen molar-refractivity contribution >= 4 is 63.7 Å². The average Bonchev–Trinajstić information content (AvgIpc) is 4.06. The smallest absolute Gasteiger partial charge is 0.407 e. The van der Waals surface area contributed by atoms with Crippen LogP contribution in [-0.2, 0) is 26.2 Å². The van der Waals surface area contributed by atoms with Crippen LogP contribution in [0.1, 0.15) is 86.2 Å². The van der Waals surface area contributed by atoms with Crippen molar-refractivity contribution in [2.75, 3.05) is 37.4 Å². The molecule has 7 N–H and O–H groups in total. The molecule has 0 radical (unpaired) electrons. The minimum atomic E-state index is -0.923. The minimum absolute atomic E-state index is 0.0525. The second kappa shape index (κ2) is 19.7. The molecule has 0 saturated carbocycles. The Morgan fingerprint density at radius 3 is 1.70 bits per heavy atom. The zero-order valence-corrected chi connectivity index (χ0v) is 37.3. The SMILES string of the molecule is CCn1nc(C)cc1C(=O)Nc1nc2cc(C(N)=O)cc(OC)c2n1CC=CCn1c(NC(=O)c2cc(C)nn2CC)nc2cc(C(N)=O)cc(OCC#CCC3CCN(C(=O)O)CC3)c21. The molecule has 4 aromatic heterocycles. The van der Waals surface area contributed by atoms with E-state index in [1.54, 1.807) is 44.5 Å². The maximum absolute atomic E-state index is 13.8. The number of fused-ring (bicyclic) bond motifs is 2. The Hall–Kier alpha value is -8.15. The molecule has 0 bridgehead atoms. The van der Waals surface area contributed by atoms with Gasteiger partial charge in [-0.3, -0.25) is 39.2 Å².